The van der Waals surface area contributed by atoms with E-state index in [4.69, 9.17) is 9.47 Å². The Hall–Kier alpha value is -4.30. The highest BCUT2D eigenvalue weighted by Crippen LogP contribution is 2.21. The quantitative estimate of drug-likeness (QED) is 0.389. The maximum Gasteiger partial charge on any atom is 0.262 e. The third-order valence-electron chi connectivity index (χ3n) is 7.04. The molecule has 2 heterocycles. The van der Waals surface area contributed by atoms with Crippen molar-refractivity contribution < 1.29 is 14.3 Å². The van der Waals surface area contributed by atoms with E-state index in [-0.39, 0.29) is 11.5 Å². The zero-order chi connectivity index (χ0) is 26.5. The van der Waals surface area contributed by atoms with E-state index in [1.54, 1.807) is 38.6 Å². The summed E-state index contributed by atoms with van der Waals surface area (Å²) >= 11 is 0. The molecule has 0 spiro atoms. The lowest BCUT2D eigenvalue weighted by molar-refractivity contribution is 0.0949. The van der Waals surface area contributed by atoms with Crippen LogP contribution in [0.1, 0.15) is 10.4 Å². The number of fused-ring (bicyclic) bond motifs is 1. The number of benzene rings is 3. The molecule has 1 aliphatic rings. The number of carbonyl (C=O) groups is 1. The molecular weight excluding hydrogens is 480 g/mol. The van der Waals surface area contributed by atoms with Crippen molar-refractivity contribution in [2.45, 2.75) is 0 Å². The number of piperazine rings is 1. The van der Waals surface area contributed by atoms with Crippen LogP contribution < -0.4 is 25.2 Å². The number of hydrogen-bond acceptors (Lipinski definition) is 6. The summed E-state index contributed by atoms with van der Waals surface area (Å²) in [5.41, 5.74) is 2.17. The first-order valence-electron chi connectivity index (χ1n) is 12.8. The molecule has 1 aliphatic heterocycles. The standard InChI is InChI=1S/C30H32N4O4/c1-37-24-11-7-22(8-12-24)33-19-17-32(18-20-33)16-15-31-29(35)28-21-34(23-9-13-25(38-2)14-10-23)30(36)27-6-4-3-5-26(27)28/h3-14,21H,15-20H2,1-2H3,(H,31,35). The molecule has 196 valence electrons. The number of rotatable bonds is 8. The predicted molar refractivity (Wildman–Crippen MR) is 150 cm³/mol. The van der Waals surface area contributed by atoms with Crippen molar-refractivity contribution in [1.82, 2.24) is 14.8 Å². The van der Waals surface area contributed by atoms with Gasteiger partial charge in [0.05, 0.1) is 19.8 Å². The molecule has 4 aromatic rings. The van der Waals surface area contributed by atoms with E-state index in [2.05, 4.69) is 27.2 Å². The van der Waals surface area contributed by atoms with Crippen LogP contribution in [0.5, 0.6) is 11.5 Å². The summed E-state index contributed by atoms with van der Waals surface area (Å²) < 4.78 is 12.0. The van der Waals surface area contributed by atoms with Gasteiger partial charge in [0, 0.05) is 67.6 Å². The first-order chi connectivity index (χ1) is 18.6. The molecule has 0 saturated carbocycles. The highest BCUT2D eigenvalue weighted by Gasteiger charge is 2.19. The molecule has 1 saturated heterocycles. The van der Waals surface area contributed by atoms with Gasteiger partial charge in [-0.15, -0.1) is 0 Å². The van der Waals surface area contributed by atoms with E-state index in [0.29, 0.717) is 34.3 Å². The van der Waals surface area contributed by atoms with Crippen molar-refractivity contribution in [3.05, 3.63) is 94.9 Å². The summed E-state index contributed by atoms with van der Waals surface area (Å²) in [7, 11) is 3.27. The Morgan fingerprint density at radius 3 is 1.97 bits per heavy atom. The zero-order valence-corrected chi connectivity index (χ0v) is 21.7. The molecule has 1 fully saturated rings. The molecule has 0 radical (unpaired) electrons. The summed E-state index contributed by atoms with van der Waals surface area (Å²) in [6, 6.07) is 22.6. The average molecular weight is 513 g/mol. The van der Waals surface area contributed by atoms with Gasteiger partial charge in [-0.2, -0.15) is 0 Å². The maximum absolute atomic E-state index is 13.3. The van der Waals surface area contributed by atoms with Crippen LogP contribution in [0.25, 0.3) is 16.5 Å². The second-order valence-corrected chi connectivity index (χ2v) is 9.24. The molecule has 8 nitrogen and oxygen atoms in total. The van der Waals surface area contributed by atoms with Crippen LogP contribution >= 0.6 is 0 Å². The Labute approximate surface area is 222 Å². The Kier molecular flexibility index (Phi) is 7.60. The lowest BCUT2D eigenvalue weighted by Crippen LogP contribution is -2.48. The monoisotopic (exact) mass is 512 g/mol. The number of amides is 1. The molecule has 8 heteroatoms. The molecule has 1 aromatic heterocycles. The van der Waals surface area contributed by atoms with E-state index in [0.717, 1.165) is 38.5 Å². The molecular formula is C30H32N4O4. The number of ether oxygens (including phenoxy) is 2. The van der Waals surface area contributed by atoms with Gasteiger partial charge in [-0.05, 0) is 54.6 Å². The summed E-state index contributed by atoms with van der Waals surface area (Å²) in [5, 5.41) is 4.22. The maximum atomic E-state index is 13.3. The number of nitrogens with one attached hydrogen (secondary N) is 1. The van der Waals surface area contributed by atoms with Crippen LogP contribution in [-0.2, 0) is 0 Å². The normalized spacial score (nSPS) is 13.9. The second-order valence-electron chi connectivity index (χ2n) is 9.24. The van der Waals surface area contributed by atoms with Gasteiger partial charge >= 0.3 is 0 Å². The van der Waals surface area contributed by atoms with Gasteiger partial charge in [0.25, 0.3) is 11.5 Å². The second kappa shape index (κ2) is 11.4. The van der Waals surface area contributed by atoms with Crippen molar-refractivity contribution in [1.29, 1.82) is 0 Å². The number of aromatic nitrogens is 1. The minimum Gasteiger partial charge on any atom is -0.497 e. The van der Waals surface area contributed by atoms with Gasteiger partial charge < -0.3 is 19.7 Å². The fraction of sp³-hybridized carbons (Fsp3) is 0.267. The lowest BCUT2D eigenvalue weighted by atomic mass is 10.1. The van der Waals surface area contributed by atoms with Gasteiger partial charge in [0.1, 0.15) is 11.5 Å². The largest absolute Gasteiger partial charge is 0.497 e. The van der Waals surface area contributed by atoms with E-state index < -0.39 is 0 Å². The minimum absolute atomic E-state index is 0.169. The van der Waals surface area contributed by atoms with Gasteiger partial charge in [0.15, 0.2) is 0 Å². The summed E-state index contributed by atoms with van der Waals surface area (Å²) in [5.74, 6) is 1.36. The van der Waals surface area contributed by atoms with Crippen molar-refractivity contribution in [3.8, 4) is 17.2 Å². The molecule has 38 heavy (non-hydrogen) atoms. The smallest absolute Gasteiger partial charge is 0.262 e. The molecule has 3 aromatic carbocycles. The zero-order valence-electron chi connectivity index (χ0n) is 21.7. The van der Waals surface area contributed by atoms with Crippen LogP contribution in [-0.4, -0.2) is 68.9 Å². The van der Waals surface area contributed by atoms with E-state index in [1.165, 1.54) is 10.3 Å². The minimum atomic E-state index is -0.194. The third kappa shape index (κ3) is 5.35. The topological polar surface area (TPSA) is 76.0 Å². The lowest BCUT2D eigenvalue weighted by Gasteiger charge is -2.36. The SMILES string of the molecule is COc1ccc(N2CCN(CCNC(=O)c3cn(-c4ccc(OC)cc4)c(=O)c4ccccc34)CC2)cc1. The predicted octanol–water partition coefficient (Wildman–Crippen LogP) is 3.56. The Morgan fingerprint density at radius 2 is 1.37 bits per heavy atom. The summed E-state index contributed by atoms with van der Waals surface area (Å²) in [6.07, 6.45) is 1.63. The van der Waals surface area contributed by atoms with Crippen molar-refractivity contribution in [2.75, 3.05) is 58.4 Å². The van der Waals surface area contributed by atoms with E-state index in [1.807, 2.05) is 42.5 Å². The van der Waals surface area contributed by atoms with Crippen LogP contribution in [0, 0.1) is 0 Å². The number of pyridine rings is 1. The van der Waals surface area contributed by atoms with E-state index in [9.17, 15) is 9.59 Å². The highest BCUT2D eigenvalue weighted by atomic mass is 16.5. The molecule has 0 unspecified atom stereocenters. The van der Waals surface area contributed by atoms with Gasteiger partial charge in [-0.1, -0.05) is 18.2 Å². The van der Waals surface area contributed by atoms with Crippen molar-refractivity contribution in [2.24, 2.45) is 0 Å². The highest BCUT2D eigenvalue weighted by molar-refractivity contribution is 6.06. The fourth-order valence-electron chi connectivity index (χ4n) is 4.85. The molecule has 1 N–H and O–H groups in total. The average Bonchev–Trinajstić information content (AvgIpc) is 2.98. The van der Waals surface area contributed by atoms with Crippen LogP contribution in [0.3, 0.4) is 0 Å². The van der Waals surface area contributed by atoms with Crippen molar-refractivity contribution >= 4 is 22.4 Å². The van der Waals surface area contributed by atoms with Gasteiger partial charge in [-0.25, -0.2) is 0 Å². The summed E-state index contributed by atoms with van der Waals surface area (Å²) in [4.78, 5) is 31.2. The van der Waals surface area contributed by atoms with Crippen LogP contribution in [0.2, 0.25) is 0 Å². The number of carbonyl (C=O) groups excluding carboxylic acids is 1. The molecule has 0 aliphatic carbocycles. The fourth-order valence-corrected chi connectivity index (χ4v) is 4.85. The summed E-state index contributed by atoms with van der Waals surface area (Å²) in [6.45, 7) is 4.99. The number of nitrogens with zero attached hydrogens (tertiary/aromatic N) is 3. The number of methoxy groups -OCH3 is 2. The van der Waals surface area contributed by atoms with Crippen molar-refractivity contribution in [3.63, 3.8) is 0 Å². The van der Waals surface area contributed by atoms with Crippen LogP contribution in [0.4, 0.5) is 5.69 Å². The van der Waals surface area contributed by atoms with Crippen LogP contribution in [0.15, 0.2) is 83.8 Å². The van der Waals surface area contributed by atoms with Gasteiger partial charge in [0.2, 0.25) is 0 Å². The first kappa shape index (κ1) is 25.4. The molecule has 5 rings (SSSR count). The number of anilines is 1. The van der Waals surface area contributed by atoms with Gasteiger partial charge in [-0.3, -0.25) is 19.1 Å². The molecule has 1 amide bonds. The molecule has 0 atom stereocenters. The molecule has 0 bridgehead atoms. The Bertz CT molecular complexity index is 1460. The third-order valence-corrected chi connectivity index (χ3v) is 7.04. The Balaban J connectivity index is 1.24. The number of hydrogen-bond donors (Lipinski definition) is 1. The van der Waals surface area contributed by atoms with E-state index >= 15 is 0 Å². The first-order valence-corrected chi connectivity index (χ1v) is 12.8. The Morgan fingerprint density at radius 1 is 0.789 bits per heavy atom.